The normalized spacial score (nSPS) is 12.1. The zero-order valence-electron chi connectivity index (χ0n) is 25.3. The molecule has 0 radical (unpaired) electrons. The molecular formula is C30H34N6O8S3-2. The number of benzene rings is 4. The molecule has 0 aliphatic rings. The molecule has 47 heavy (non-hydrogen) atoms. The van der Waals surface area contributed by atoms with Gasteiger partial charge in [-0.3, -0.25) is 8.42 Å². The highest BCUT2D eigenvalue weighted by atomic mass is 32.3. The van der Waals surface area contributed by atoms with Crippen molar-refractivity contribution in [2.24, 2.45) is 21.5 Å². The van der Waals surface area contributed by atoms with Gasteiger partial charge in [-0.2, -0.15) is 0 Å². The Bertz CT molecular complexity index is 1820. The fourth-order valence-electron chi connectivity index (χ4n) is 3.41. The van der Waals surface area contributed by atoms with Crippen molar-refractivity contribution in [2.75, 3.05) is 0 Å². The van der Waals surface area contributed by atoms with Gasteiger partial charge in [-0.05, 0) is 49.2 Å². The molecule has 252 valence electrons. The van der Waals surface area contributed by atoms with Crippen LogP contribution in [0.4, 0.5) is 0 Å². The largest absolute Gasteiger partial charge is 0.759 e. The van der Waals surface area contributed by atoms with Crippen LogP contribution < -0.4 is 20.9 Å². The number of guanidine groups is 2. The van der Waals surface area contributed by atoms with Crippen molar-refractivity contribution in [3.8, 4) is 0 Å². The van der Waals surface area contributed by atoms with Gasteiger partial charge < -0.3 is 20.6 Å². The van der Waals surface area contributed by atoms with E-state index in [1.54, 1.807) is 24.3 Å². The number of sulfonamides is 2. The number of aliphatic imine (C=N–C) groups is 2. The number of nitrogens with two attached hydrogens (primary N) is 2. The summed E-state index contributed by atoms with van der Waals surface area (Å²) in [6.45, 7) is 4.42. The van der Waals surface area contributed by atoms with Crippen molar-refractivity contribution in [3.05, 3.63) is 131 Å². The Morgan fingerprint density at radius 2 is 0.830 bits per heavy atom. The third kappa shape index (κ3) is 15.8. The molecule has 0 amide bonds. The van der Waals surface area contributed by atoms with E-state index in [9.17, 15) is 16.8 Å². The molecule has 0 aliphatic heterocycles. The summed E-state index contributed by atoms with van der Waals surface area (Å²) in [5.74, 6) is -0.251. The van der Waals surface area contributed by atoms with E-state index in [-0.39, 0.29) is 21.7 Å². The van der Waals surface area contributed by atoms with Crippen LogP contribution in [0.3, 0.4) is 0 Å². The second kappa shape index (κ2) is 17.8. The van der Waals surface area contributed by atoms with Crippen molar-refractivity contribution in [1.29, 1.82) is 0 Å². The zero-order valence-corrected chi connectivity index (χ0v) is 27.8. The van der Waals surface area contributed by atoms with Crippen molar-refractivity contribution in [2.45, 2.75) is 36.7 Å². The molecule has 0 aromatic heterocycles. The summed E-state index contributed by atoms with van der Waals surface area (Å²) in [6, 6.07) is 32.0. The number of rotatable bonds is 8. The molecule has 4 aromatic rings. The van der Waals surface area contributed by atoms with Gasteiger partial charge in [-0.1, -0.05) is 96.1 Å². The first-order valence-electron chi connectivity index (χ1n) is 13.5. The van der Waals surface area contributed by atoms with Gasteiger partial charge >= 0.3 is 0 Å². The predicted molar refractivity (Wildman–Crippen MR) is 177 cm³/mol. The average Bonchev–Trinajstić information content (AvgIpc) is 3.00. The van der Waals surface area contributed by atoms with E-state index in [1.165, 1.54) is 24.3 Å². The monoisotopic (exact) mass is 702 g/mol. The summed E-state index contributed by atoms with van der Waals surface area (Å²) < 4.78 is 87.0. The number of hydrogen-bond donors (Lipinski definition) is 4. The van der Waals surface area contributed by atoms with Gasteiger partial charge in [0, 0.05) is 10.4 Å². The Hall–Kier alpha value is -4.81. The lowest BCUT2D eigenvalue weighted by atomic mass is 10.2. The van der Waals surface area contributed by atoms with Crippen LogP contribution >= 0.6 is 0 Å². The van der Waals surface area contributed by atoms with Crippen molar-refractivity contribution in [3.63, 3.8) is 0 Å². The number of hydrogen-bond acceptors (Lipinski definition) is 10. The average molecular weight is 703 g/mol. The van der Waals surface area contributed by atoms with E-state index < -0.39 is 30.4 Å². The van der Waals surface area contributed by atoms with E-state index in [0.717, 1.165) is 22.3 Å². The van der Waals surface area contributed by atoms with E-state index in [1.807, 2.05) is 74.5 Å². The molecule has 0 heterocycles. The fourth-order valence-corrected chi connectivity index (χ4v) is 5.32. The Balaban J connectivity index is 0.000000286. The Morgan fingerprint density at radius 1 is 0.553 bits per heavy atom. The van der Waals surface area contributed by atoms with E-state index in [2.05, 4.69) is 19.4 Å². The second-order valence-corrected chi connectivity index (χ2v) is 13.8. The van der Waals surface area contributed by atoms with Crippen LogP contribution in [0.15, 0.2) is 129 Å². The van der Waals surface area contributed by atoms with Crippen LogP contribution in [0.2, 0.25) is 0 Å². The first-order valence-corrected chi connectivity index (χ1v) is 17.8. The fraction of sp³-hybridized carbons (Fsp3) is 0.133. The van der Waals surface area contributed by atoms with E-state index in [0.29, 0.717) is 13.1 Å². The minimum Gasteiger partial charge on any atom is -0.759 e. The number of nitrogens with one attached hydrogen (secondary N) is 2. The van der Waals surface area contributed by atoms with Gasteiger partial charge in [-0.25, -0.2) is 36.3 Å². The topological polar surface area (TPSA) is 249 Å². The highest BCUT2D eigenvalue weighted by Crippen LogP contribution is 2.11. The summed E-state index contributed by atoms with van der Waals surface area (Å²) in [6.07, 6.45) is 0. The van der Waals surface area contributed by atoms with Gasteiger partial charge in [-0.15, -0.1) is 0 Å². The molecular weight excluding hydrogens is 669 g/mol. The molecule has 0 atom stereocenters. The first-order chi connectivity index (χ1) is 21.9. The van der Waals surface area contributed by atoms with Crippen LogP contribution in [-0.2, 0) is 43.5 Å². The van der Waals surface area contributed by atoms with Gasteiger partial charge in [0.2, 0.25) is 11.9 Å². The Kier molecular flexibility index (Phi) is 14.5. The summed E-state index contributed by atoms with van der Waals surface area (Å²) in [4.78, 5) is 8.37. The van der Waals surface area contributed by atoms with Gasteiger partial charge in [0.25, 0.3) is 20.0 Å². The van der Waals surface area contributed by atoms with Gasteiger partial charge in [0.05, 0.1) is 22.9 Å². The minimum absolute atomic E-state index is 0.126. The minimum atomic E-state index is -5.17. The summed E-state index contributed by atoms with van der Waals surface area (Å²) in [5.41, 5.74) is 15.1. The molecule has 0 spiro atoms. The maximum absolute atomic E-state index is 12.1. The van der Waals surface area contributed by atoms with Gasteiger partial charge in [0.1, 0.15) is 0 Å². The molecule has 0 unspecified atom stereocenters. The third-order valence-corrected chi connectivity index (χ3v) is 8.43. The SMILES string of the molecule is Cc1ccc(S(=O)(=O)NC(N)=NCc2ccccc2)cc1.Cc1ccc(S(=O)(=O)NC(N)=NCc2ccccc2)cc1.O=S(=O)([O-])[O-]. The lowest BCUT2D eigenvalue weighted by Crippen LogP contribution is -2.36. The highest BCUT2D eigenvalue weighted by molar-refractivity contribution is 7.90. The van der Waals surface area contributed by atoms with Crippen LogP contribution in [0.5, 0.6) is 0 Å². The Labute approximate surface area is 275 Å². The maximum Gasteiger partial charge on any atom is 0.264 e. The smallest absolute Gasteiger partial charge is 0.264 e. The summed E-state index contributed by atoms with van der Waals surface area (Å²) in [7, 11) is -12.5. The molecule has 0 saturated carbocycles. The van der Waals surface area contributed by atoms with E-state index >= 15 is 0 Å². The van der Waals surface area contributed by atoms with Crippen LogP contribution in [-0.4, -0.2) is 46.3 Å². The van der Waals surface area contributed by atoms with Crippen molar-refractivity contribution < 1.29 is 34.4 Å². The molecule has 4 aromatic carbocycles. The molecule has 6 N–H and O–H groups in total. The Morgan fingerprint density at radius 3 is 1.11 bits per heavy atom. The number of aryl methyl sites for hydroxylation is 2. The molecule has 0 bridgehead atoms. The zero-order chi connectivity index (χ0) is 35.1. The highest BCUT2D eigenvalue weighted by Gasteiger charge is 2.15. The third-order valence-electron chi connectivity index (χ3n) is 5.69. The molecule has 17 heteroatoms. The van der Waals surface area contributed by atoms with Crippen LogP contribution in [0, 0.1) is 13.8 Å². The lowest BCUT2D eigenvalue weighted by molar-refractivity contribution is 0.352. The lowest BCUT2D eigenvalue weighted by Gasteiger charge is -2.07. The van der Waals surface area contributed by atoms with Gasteiger partial charge in [0.15, 0.2) is 0 Å². The molecule has 0 saturated heterocycles. The maximum atomic E-state index is 12.1. The molecule has 0 fully saturated rings. The summed E-state index contributed by atoms with van der Waals surface area (Å²) >= 11 is 0. The second-order valence-electron chi connectivity index (χ2n) is 9.62. The van der Waals surface area contributed by atoms with Crippen molar-refractivity contribution >= 4 is 42.4 Å². The molecule has 4 rings (SSSR count). The van der Waals surface area contributed by atoms with Crippen molar-refractivity contribution in [1.82, 2.24) is 9.44 Å². The van der Waals surface area contributed by atoms with E-state index in [4.69, 9.17) is 29.0 Å². The summed E-state index contributed by atoms with van der Waals surface area (Å²) in [5, 5.41) is 0. The van der Waals surface area contributed by atoms with Crippen LogP contribution in [0.1, 0.15) is 22.3 Å². The first kappa shape index (κ1) is 38.4. The molecule has 14 nitrogen and oxygen atoms in total. The quantitative estimate of drug-likeness (QED) is 0.0902. The number of nitrogens with zero attached hydrogens (tertiary/aromatic N) is 2. The molecule has 0 aliphatic carbocycles. The van der Waals surface area contributed by atoms with Crippen LogP contribution in [0.25, 0.3) is 0 Å². The standard InChI is InChI=1S/2C15H17N3O2S.H2O4S/c2*1-12-7-9-14(10-8-12)21(19,20)18-15(16)17-11-13-5-3-2-4-6-13;1-5(2,3)4/h2*2-10H,11H2,1H3,(H3,16,17,18);(H2,1,2,3,4)/p-2. The predicted octanol–water partition coefficient (Wildman–Crippen LogP) is 2.24.